The first-order chi connectivity index (χ1) is 8.60. The molecule has 0 saturated heterocycles. The highest BCUT2D eigenvalue weighted by Gasteiger charge is 2.13. The molecule has 0 bridgehead atoms. The number of nitrogens with zero attached hydrogens (tertiary/aromatic N) is 3. The summed E-state index contributed by atoms with van der Waals surface area (Å²) in [7, 11) is 0. The normalized spacial score (nSPS) is 10.6. The fourth-order valence-electron chi connectivity index (χ4n) is 1.68. The maximum absolute atomic E-state index is 11.5. The molecule has 96 valence electrons. The Bertz CT molecular complexity index is 556. The summed E-state index contributed by atoms with van der Waals surface area (Å²) in [5, 5.41) is 11.2. The number of ether oxygens (including phenoxy) is 1. The minimum Gasteiger partial charge on any atom is -0.461 e. The van der Waals surface area contributed by atoms with Crippen molar-refractivity contribution in [1.82, 2.24) is 20.0 Å². The van der Waals surface area contributed by atoms with E-state index in [0.29, 0.717) is 18.8 Å². The lowest BCUT2D eigenvalue weighted by Gasteiger charge is -2.00. The molecule has 2 aromatic rings. The number of hydrogen-bond donors (Lipinski definition) is 1. The van der Waals surface area contributed by atoms with Gasteiger partial charge in [-0.15, -0.1) is 0 Å². The molecular formula is C12H16N4O2. The molecule has 1 N–H and O–H groups in total. The Hall–Kier alpha value is -2.11. The number of carbonyl (C=O) groups is 1. The van der Waals surface area contributed by atoms with Gasteiger partial charge in [-0.3, -0.25) is 9.78 Å². The third-order valence-electron chi connectivity index (χ3n) is 2.54. The lowest BCUT2D eigenvalue weighted by molar-refractivity contribution is 0.0518. The zero-order valence-corrected chi connectivity index (χ0v) is 10.7. The number of aryl methyl sites for hydroxylation is 2. The van der Waals surface area contributed by atoms with E-state index in [1.807, 2.05) is 19.9 Å². The van der Waals surface area contributed by atoms with E-state index >= 15 is 0 Å². The van der Waals surface area contributed by atoms with Crippen LogP contribution in [-0.2, 0) is 11.3 Å². The molecule has 0 aliphatic carbocycles. The van der Waals surface area contributed by atoms with Crippen LogP contribution in [0.3, 0.4) is 0 Å². The van der Waals surface area contributed by atoms with Crippen molar-refractivity contribution in [3.63, 3.8) is 0 Å². The number of rotatable bonds is 4. The van der Waals surface area contributed by atoms with E-state index in [-0.39, 0.29) is 0 Å². The van der Waals surface area contributed by atoms with Gasteiger partial charge < -0.3 is 4.74 Å². The van der Waals surface area contributed by atoms with Crippen molar-refractivity contribution in [1.29, 1.82) is 0 Å². The van der Waals surface area contributed by atoms with Gasteiger partial charge in [0.2, 0.25) is 0 Å². The highest BCUT2D eigenvalue weighted by Crippen LogP contribution is 2.08. The van der Waals surface area contributed by atoms with Crippen LogP contribution in [0.25, 0.3) is 0 Å². The van der Waals surface area contributed by atoms with Crippen LogP contribution in [0.2, 0.25) is 0 Å². The smallest absolute Gasteiger partial charge is 0.358 e. The molecule has 0 aromatic carbocycles. The fourth-order valence-corrected chi connectivity index (χ4v) is 1.68. The van der Waals surface area contributed by atoms with Crippen molar-refractivity contribution in [2.45, 2.75) is 27.3 Å². The van der Waals surface area contributed by atoms with Gasteiger partial charge in [0, 0.05) is 11.4 Å². The molecule has 2 aromatic heterocycles. The molecule has 0 amide bonds. The Morgan fingerprint density at radius 1 is 1.44 bits per heavy atom. The summed E-state index contributed by atoms with van der Waals surface area (Å²) in [6.07, 6.45) is 0. The average Bonchev–Trinajstić information content (AvgIpc) is 2.87. The van der Waals surface area contributed by atoms with Gasteiger partial charge in [0.25, 0.3) is 0 Å². The first kappa shape index (κ1) is 12.3. The van der Waals surface area contributed by atoms with Crippen LogP contribution in [0, 0.1) is 13.8 Å². The van der Waals surface area contributed by atoms with Crippen LogP contribution < -0.4 is 0 Å². The zero-order valence-electron chi connectivity index (χ0n) is 10.7. The lowest BCUT2D eigenvalue weighted by atomic mass is 10.3. The van der Waals surface area contributed by atoms with Gasteiger partial charge in [-0.25, -0.2) is 4.79 Å². The number of hydrogen-bond acceptors (Lipinski definition) is 4. The third-order valence-corrected chi connectivity index (χ3v) is 2.54. The monoisotopic (exact) mass is 248 g/mol. The number of aromatic amines is 1. The van der Waals surface area contributed by atoms with Crippen molar-refractivity contribution < 1.29 is 9.53 Å². The van der Waals surface area contributed by atoms with E-state index in [2.05, 4.69) is 15.3 Å². The van der Waals surface area contributed by atoms with Crippen LogP contribution >= 0.6 is 0 Å². The van der Waals surface area contributed by atoms with Gasteiger partial charge in [0.15, 0.2) is 5.69 Å². The quantitative estimate of drug-likeness (QED) is 0.831. The predicted octanol–water partition coefficient (Wildman–Crippen LogP) is 1.45. The van der Waals surface area contributed by atoms with E-state index in [1.165, 1.54) is 0 Å². The minimum atomic E-state index is -0.391. The van der Waals surface area contributed by atoms with E-state index < -0.39 is 5.97 Å². The molecule has 0 spiro atoms. The molecule has 6 heteroatoms. The number of carbonyl (C=O) groups excluding carboxylic acids is 1. The highest BCUT2D eigenvalue weighted by molar-refractivity contribution is 5.87. The molecule has 0 aliphatic heterocycles. The number of nitrogens with one attached hydrogen (secondary N) is 1. The van der Waals surface area contributed by atoms with Crippen LogP contribution in [0.5, 0.6) is 0 Å². The van der Waals surface area contributed by atoms with Crippen LogP contribution in [-0.4, -0.2) is 32.6 Å². The highest BCUT2D eigenvalue weighted by atomic mass is 16.5. The maximum Gasteiger partial charge on any atom is 0.358 e. The Morgan fingerprint density at radius 2 is 2.22 bits per heavy atom. The summed E-state index contributed by atoms with van der Waals surface area (Å²) in [6, 6.07) is 3.67. The Morgan fingerprint density at radius 3 is 2.83 bits per heavy atom. The lowest BCUT2D eigenvalue weighted by Crippen LogP contribution is -2.08. The van der Waals surface area contributed by atoms with Gasteiger partial charge in [-0.05, 0) is 32.9 Å². The Balaban J connectivity index is 2.16. The largest absolute Gasteiger partial charge is 0.461 e. The van der Waals surface area contributed by atoms with Crippen molar-refractivity contribution in [2.75, 3.05) is 6.61 Å². The van der Waals surface area contributed by atoms with Gasteiger partial charge in [-0.1, -0.05) is 0 Å². The predicted molar refractivity (Wildman–Crippen MR) is 65.3 cm³/mol. The van der Waals surface area contributed by atoms with Gasteiger partial charge in [0.05, 0.1) is 18.8 Å². The molecule has 2 rings (SSSR count). The summed E-state index contributed by atoms with van der Waals surface area (Å²) in [4.78, 5) is 11.5. The molecular weight excluding hydrogens is 232 g/mol. The zero-order chi connectivity index (χ0) is 13.1. The van der Waals surface area contributed by atoms with E-state index in [9.17, 15) is 4.79 Å². The first-order valence-corrected chi connectivity index (χ1v) is 5.82. The van der Waals surface area contributed by atoms with Gasteiger partial charge in [0.1, 0.15) is 0 Å². The average molecular weight is 248 g/mol. The molecule has 0 aliphatic rings. The molecule has 6 nitrogen and oxygen atoms in total. The van der Waals surface area contributed by atoms with Gasteiger partial charge >= 0.3 is 5.97 Å². The fraction of sp³-hybridized carbons (Fsp3) is 0.417. The molecule has 2 heterocycles. The van der Waals surface area contributed by atoms with Crippen LogP contribution in [0.1, 0.15) is 34.5 Å². The van der Waals surface area contributed by atoms with E-state index in [1.54, 1.807) is 17.7 Å². The molecule has 0 atom stereocenters. The van der Waals surface area contributed by atoms with E-state index in [4.69, 9.17) is 4.74 Å². The number of aromatic nitrogens is 4. The van der Waals surface area contributed by atoms with Crippen molar-refractivity contribution in [3.8, 4) is 0 Å². The van der Waals surface area contributed by atoms with Crippen LogP contribution in [0.15, 0.2) is 12.1 Å². The molecule has 0 unspecified atom stereocenters. The van der Waals surface area contributed by atoms with Crippen LogP contribution in [0.4, 0.5) is 0 Å². The summed E-state index contributed by atoms with van der Waals surface area (Å²) < 4.78 is 6.65. The minimum absolute atomic E-state index is 0.335. The third kappa shape index (κ3) is 2.58. The molecule has 18 heavy (non-hydrogen) atoms. The summed E-state index contributed by atoms with van der Waals surface area (Å²) in [6.45, 7) is 6.50. The second-order valence-electron chi connectivity index (χ2n) is 4.09. The van der Waals surface area contributed by atoms with Crippen molar-refractivity contribution >= 4 is 5.97 Å². The van der Waals surface area contributed by atoms with Crippen molar-refractivity contribution in [2.24, 2.45) is 0 Å². The summed E-state index contributed by atoms with van der Waals surface area (Å²) in [5.41, 5.74) is 3.12. The maximum atomic E-state index is 11.5. The Labute approximate surface area is 105 Å². The molecule has 0 radical (unpaired) electrons. The number of H-pyrrole nitrogens is 1. The SMILES string of the molecule is CCOC(=O)c1cc(C)n(Cc2cc(C)[nH]n2)n1. The molecule has 0 fully saturated rings. The first-order valence-electron chi connectivity index (χ1n) is 5.82. The van der Waals surface area contributed by atoms with E-state index in [0.717, 1.165) is 17.1 Å². The van der Waals surface area contributed by atoms with Crippen molar-refractivity contribution in [3.05, 3.63) is 34.9 Å². The summed E-state index contributed by atoms with van der Waals surface area (Å²) >= 11 is 0. The molecule has 0 saturated carbocycles. The topological polar surface area (TPSA) is 72.8 Å². The number of esters is 1. The standard InChI is InChI=1S/C12H16N4O2/c1-4-18-12(17)11-6-9(3)16(15-11)7-10-5-8(2)13-14-10/h5-6H,4,7H2,1-3H3,(H,13,14). The second-order valence-corrected chi connectivity index (χ2v) is 4.09. The van der Waals surface area contributed by atoms with Gasteiger partial charge in [-0.2, -0.15) is 10.2 Å². The summed E-state index contributed by atoms with van der Waals surface area (Å²) in [5.74, 6) is -0.391. The second kappa shape index (κ2) is 5.03. The Kier molecular flexibility index (Phi) is 3.45.